The summed E-state index contributed by atoms with van der Waals surface area (Å²) in [5.41, 5.74) is 7.59. The molecule has 32 heavy (non-hydrogen) atoms. The first-order chi connectivity index (χ1) is 15.2. The van der Waals surface area contributed by atoms with Crippen LogP contribution < -0.4 is 16.0 Å². The topological polar surface area (TPSA) is 116 Å². The number of carbonyl (C=O) groups excluding carboxylic acids is 3. The van der Waals surface area contributed by atoms with Crippen LogP contribution in [0.3, 0.4) is 0 Å². The number of para-hydroxylation sites is 1. The molecule has 0 fully saturated rings. The van der Waals surface area contributed by atoms with Gasteiger partial charge in [0, 0.05) is 24.1 Å². The molecule has 0 aliphatic rings. The van der Waals surface area contributed by atoms with E-state index in [0.717, 1.165) is 5.56 Å². The Morgan fingerprint density at radius 3 is 2.28 bits per heavy atom. The van der Waals surface area contributed by atoms with Crippen molar-refractivity contribution < 1.29 is 14.4 Å². The van der Waals surface area contributed by atoms with Crippen molar-refractivity contribution in [3.05, 3.63) is 78.4 Å². The maximum absolute atomic E-state index is 13.1. The maximum Gasteiger partial charge on any atom is 0.249 e. The van der Waals surface area contributed by atoms with E-state index in [2.05, 4.69) is 11.9 Å². The van der Waals surface area contributed by atoms with Gasteiger partial charge in [-0.1, -0.05) is 61.5 Å². The molecule has 0 heterocycles. The van der Waals surface area contributed by atoms with E-state index in [4.69, 9.17) is 11.1 Å². The lowest BCUT2D eigenvalue weighted by atomic mass is 9.89. The van der Waals surface area contributed by atoms with Crippen molar-refractivity contribution in [2.45, 2.75) is 26.3 Å². The zero-order chi connectivity index (χ0) is 23.8. The number of allylic oxidation sites excluding steroid dienone is 1. The van der Waals surface area contributed by atoms with Crippen molar-refractivity contribution in [1.29, 1.82) is 5.41 Å². The fourth-order valence-corrected chi connectivity index (χ4v) is 3.48. The van der Waals surface area contributed by atoms with Crippen molar-refractivity contribution >= 4 is 29.1 Å². The van der Waals surface area contributed by atoms with Gasteiger partial charge < -0.3 is 16.0 Å². The van der Waals surface area contributed by atoms with E-state index in [0.29, 0.717) is 17.0 Å². The fourth-order valence-electron chi connectivity index (χ4n) is 3.48. The number of hydrogen-bond donors (Lipinski definition) is 3. The lowest BCUT2D eigenvalue weighted by Crippen LogP contribution is -2.49. The number of nitrogens with two attached hydrogens (primary N) is 1. The first kappa shape index (κ1) is 24.5. The molecule has 7 nitrogen and oxygen atoms in total. The summed E-state index contributed by atoms with van der Waals surface area (Å²) < 4.78 is 0. The van der Waals surface area contributed by atoms with Gasteiger partial charge in [0.1, 0.15) is 6.04 Å². The third kappa shape index (κ3) is 5.69. The number of likely N-dealkylation sites (N-methyl/N-ethyl adjacent to an activating group) is 1. The summed E-state index contributed by atoms with van der Waals surface area (Å²) >= 11 is 0. The molecule has 3 atom stereocenters. The Bertz CT molecular complexity index is 1000. The van der Waals surface area contributed by atoms with Crippen LogP contribution in [0.5, 0.6) is 0 Å². The summed E-state index contributed by atoms with van der Waals surface area (Å²) in [5.74, 6) is -2.77. The molecule has 0 aliphatic carbocycles. The molecule has 4 N–H and O–H groups in total. The molecule has 2 aromatic carbocycles. The molecule has 2 rings (SSSR count). The number of hydrogen-bond acceptors (Lipinski definition) is 4. The highest BCUT2D eigenvalue weighted by Crippen LogP contribution is 2.23. The molecule has 2 aromatic rings. The molecule has 0 radical (unpaired) electrons. The number of nitrogens with zero attached hydrogens (tertiary/aromatic N) is 1. The van der Waals surface area contributed by atoms with Crippen molar-refractivity contribution in [1.82, 2.24) is 5.32 Å². The molecular formula is C25H30N4O3. The first-order valence-corrected chi connectivity index (χ1v) is 10.4. The highest BCUT2D eigenvalue weighted by Gasteiger charge is 2.30. The van der Waals surface area contributed by atoms with E-state index < -0.39 is 29.7 Å². The van der Waals surface area contributed by atoms with Crippen molar-refractivity contribution in [3.8, 4) is 0 Å². The van der Waals surface area contributed by atoms with Crippen LogP contribution in [0.1, 0.15) is 31.4 Å². The number of rotatable bonds is 10. The quantitative estimate of drug-likeness (QED) is 0.394. The Labute approximate surface area is 188 Å². The highest BCUT2D eigenvalue weighted by molar-refractivity contribution is 6.16. The first-order valence-electron chi connectivity index (χ1n) is 10.4. The number of amides is 3. The van der Waals surface area contributed by atoms with Crippen LogP contribution >= 0.6 is 0 Å². The normalized spacial score (nSPS) is 13.3. The summed E-state index contributed by atoms with van der Waals surface area (Å²) in [6.45, 7) is 6.78. The Kier molecular flexibility index (Phi) is 8.46. The number of primary amides is 1. The second-order valence-corrected chi connectivity index (χ2v) is 7.71. The molecule has 0 spiro atoms. The maximum atomic E-state index is 13.1. The van der Waals surface area contributed by atoms with E-state index in [9.17, 15) is 14.4 Å². The number of carbonyl (C=O) groups is 3. The SMILES string of the molecule is C=CC[C@H](C(N)=O)[C@@H](C)C(=O)N[C@@H](C)C(=O)N(C)c1ccccc1C(=N)c1ccccc1. The Morgan fingerprint density at radius 2 is 1.69 bits per heavy atom. The van der Waals surface area contributed by atoms with Gasteiger partial charge in [-0.3, -0.25) is 19.8 Å². The zero-order valence-electron chi connectivity index (χ0n) is 18.7. The van der Waals surface area contributed by atoms with Crippen LogP contribution in [0.4, 0.5) is 5.69 Å². The summed E-state index contributed by atoms with van der Waals surface area (Å²) in [5, 5.41) is 11.3. The van der Waals surface area contributed by atoms with Crippen molar-refractivity contribution in [2.75, 3.05) is 11.9 Å². The Balaban J connectivity index is 2.18. The van der Waals surface area contributed by atoms with Crippen molar-refractivity contribution in [2.24, 2.45) is 17.6 Å². The lowest BCUT2D eigenvalue weighted by molar-refractivity contribution is -0.134. The fraction of sp³-hybridized carbons (Fsp3) is 0.280. The van der Waals surface area contributed by atoms with Crippen molar-refractivity contribution in [3.63, 3.8) is 0 Å². The van der Waals surface area contributed by atoms with Gasteiger partial charge in [-0.2, -0.15) is 0 Å². The van der Waals surface area contributed by atoms with Gasteiger partial charge >= 0.3 is 0 Å². The molecule has 0 aromatic heterocycles. The van der Waals surface area contributed by atoms with Gasteiger partial charge in [-0.25, -0.2) is 0 Å². The van der Waals surface area contributed by atoms with Gasteiger partial charge in [0.05, 0.1) is 17.3 Å². The monoisotopic (exact) mass is 434 g/mol. The standard InChI is InChI=1S/C25H30N4O3/c1-5-11-19(23(27)30)16(2)24(31)28-17(3)25(32)29(4)21-15-10-9-14-20(21)22(26)18-12-7-6-8-13-18/h5-10,12-17,19,26H,1,11H2,2-4H3,(H2,27,30)(H,28,31)/t16-,17+,19+/m1/s1. The van der Waals surface area contributed by atoms with Gasteiger partial charge in [-0.05, 0) is 19.4 Å². The minimum atomic E-state index is -0.842. The third-order valence-corrected chi connectivity index (χ3v) is 5.46. The van der Waals surface area contributed by atoms with Crippen LogP contribution in [-0.2, 0) is 14.4 Å². The summed E-state index contributed by atoms with van der Waals surface area (Å²) in [7, 11) is 1.61. The van der Waals surface area contributed by atoms with Crippen LogP contribution in [0.15, 0.2) is 67.3 Å². The average Bonchev–Trinajstić information content (AvgIpc) is 2.80. The molecule has 0 bridgehead atoms. The largest absolute Gasteiger partial charge is 0.369 e. The average molecular weight is 435 g/mol. The molecule has 0 aliphatic heterocycles. The molecule has 0 unspecified atom stereocenters. The van der Waals surface area contributed by atoms with Gasteiger partial charge in [0.25, 0.3) is 0 Å². The van der Waals surface area contributed by atoms with Crippen LogP contribution in [0.25, 0.3) is 0 Å². The molecule has 168 valence electrons. The van der Waals surface area contributed by atoms with Gasteiger partial charge in [-0.15, -0.1) is 6.58 Å². The molecule has 3 amide bonds. The Hall–Kier alpha value is -3.74. The number of nitrogens with one attached hydrogen (secondary N) is 2. The van der Waals surface area contributed by atoms with Crippen LogP contribution in [0.2, 0.25) is 0 Å². The van der Waals surface area contributed by atoms with E-state index in [1.807, 2.05) is 36.4 Å². The number of anilines is 1. The second kappa shape index (κ2) is 11.0. The van der Waals surface area contributed by atoms with E-state index in [1.165, 1.54) is 4.90 Å². The van der Waals surface area contributed by atoms with Crippen LogP contribution in [0, 0.1) is 17.2 Å². The van der Waals surface area contributed by atoms with Gasteiger partial charge in [0.15, 0.2) is 0 Å². The highest BCUT2D eigenvalue weighted by atomic mass is 16.2. The molecule has 0 saturated heterocycles. The zero-order valence-corrected chi connectivity index (χ0v) is 18.7. The lowest BCUT2D eigenvalue weighted by Gasteiger charge is -2.26. The molecule has 7 heteroatoms. The van der Waals surface area contributed by atoms with Gasteiger partial charge in [0.2, 0.25) is 17.7 Å². The molecular weight excluding hydrogens is 404 g/mol. The predicted molar refractivity (Wildman–Crippen MR) is 126 cm³/mol. The minimum Gasteiger partial charge on any atom is -0.369 e. The number of benzene rings is 2. The Morgan fingerprint density at radius 1 is 1.09 bits per heavy atom. The summed E-state index contributed by atoms with van der Waals surface area (Å²) in [6, 6.07) is 15.6. The summed E-state index contributed by atoms with van der Waals surface area (Å²) in [4.78, 5) is 38.8. The second-order valence-electron chi connectivity index (χ2n) is 7.71. The minimum absolute atomic E-state index is 0.279. The van der Waals surface area contributed by atoms with E-state index >= 15 is 0 Å². The molecule has 0 saturated carbocycles. The summed E-state index contributed by atoms with van der Waals surface area (Å²) in [6.07, 6.45) is 1.82. The third-order valence-electron chi connectivity index (χ3n) is 5.46. The van der Waals surface area contributed by atoms with Crippen LogP contribution in [-0.4, -0.2) is 36.5 Å². The van der Waals surface area contributed by atoms with E-state index in [-0.39, 0.29) is 12.3 Å². The van der Waals surface area contributed by atoms with E-state index in [1.54, 1.807) is 45.2 Å². The predicted octanol–water partition coefficient (Wildman–Crippen LogP) is 2.88. The smallest absolute Gasteiger partial charge is 0.249 e.